The second kappa shape index (κ2) is 6.74. The van der Waals surface area contributed by atoms with Crippen LogP contribution in [0.5, 0.6) is 0 Å². The average molecular weight is 234 g/mol. The fourth-order valence-corrected chi connectivity index (χ4v) is 1.69. The highest BCUT2D eigenvalue weighted by Crippen LogP contribution is 2.12. The van der Waals surface area contributed by atoms with E-state index in [9.17, 15) is 4.79 Å². The van der Waals surface area contributed by atoms with Gasteiger partial charge >= 0.3 is 5.97 Å². The molecule has 0 N–H and O–H groups in total. The number of nitrogens with zero attached hydrogens (tertiary/aromatic N) is 2. The van der Waals surface area contributed by atoms with E-state index in [2.05, 4.69) is 15.7 Å². The minimum absolute atomic E-state index is 0.0448. The number of allylic oxidation sites excluding steroid dienone is 2. The van der Waals surface area contributed by atoms with Crippen LogP contribution >= 0.6 is 0 Å². The Kier molecular flexibility index (Phi) is 5.28. The van der Waals surface area contributed by atoms with Crippen molar-refractivity contribution in [1.82, 2.24) is 4.90 Å². The number of hydrogen-bond acceptors (Lipinski definition) is 4. The molecule has 4 nitrogen and oxygen atoms in total. The Morgan fingerprint density at radius 3 is 2.65 bits per heavy atom. The summed E-state index contributed by atoms with van der Waals surface area (Å²) in [5.41, 5.74) is 1.29. The quantitative estimate of drug-likeness (QED) is 0.424. The van der Waals surface area contributed by atoms with Crippen LogP contribution in [0.4, 0.5) is 0 Å². The zero-order valence-corrected chi connectivity index (χ0v) is 10.4. The number of methoxy groups -OCH3 is 1. The van der Waals surface area contributed by atoms with Gasteiger partial charge in [-0.1, -0.05) is 0 Å². The lowest BCUT2D eigenvalue weighted by Crippen LogP contribution is -2.10. The summed E-state index contributed by atoms with van der Waals surface area (Å²) in [6.45, 7) is 3.99. The molecule has 0 aliphatic carbocycles. The van der Waals surface area contributed by atoms with E-state index in [0.29, 0.717) is 5.57 Å². The third-order valence-corrected chi connectivity index (χ3v) is 2.84. The summed E-state index contributed by atoms with van der Waals surface area (Å²) in [6.07, 6.45) is 6.38. The van der Waals surface area contributed by atoms with Gasteiger partial charge in [0.25, 0.3) is 0 Å². The number of carbonyl (C=O) groups excluding carboxylic acids is 1. The molecule has 0 bridgehead atoms. The molecule has 0 radical (unpaired) electrons. The molecule has 1 rings (SSSR count). The van der Waals surface area contributed by atoms with Crippen molar-refractivity contribution in [3.8, 4) is 6.07 Å². The number of hydrogen-bond donors (Lipinski definition) is 0. The van der Waals surface area contributed by atoms with Gasteiger partial charge in [-0.05, 0) is 37.6 Å². The predicted octanol–water partition coefficient (Wildman–Crippen LogP) is 2.00. The van der Waals surface area contributed by atoms with Crippen LogP contribution in [-0.2, 0) is 9.53 Å². The Labute approximate surface area is 102 Å². The molecule has 1 fully saturated rings. The zero-order chi connectivity index (χ0) is 12.7. The van der Waals surface area contributed by atoms with E-state index in [1.54, 1.807) is 0 Å². The van der Waals surface area contributed by atoms with Crippen molar-refractivity contribution < 1.29 is 9.53 Å². The highest BCUT2D eigenvalue weighted by molar-refractivity contribution is 5.74. The number of ether oxygens (including phenoxy) is 1. The average Bonchev–Trinajstić information content (AvgIpc) is 2.85. The smallest absolute Gasteiger partial charge is 0.310 e. The van der Waals surface area contributed by atoms with Gasteiger partial charge in [-0.3, -0.25) is 4.79 Å². The first-order valence-electron chi connectivity index (χ1n) is 5.76. The van der Waals surface area contributed by atoms with Crippen molar-refractivity contribution in [2.45, 2.75) is 26.2 Å². The van der Waals surface area contributed by atoms with E-state index >= 15 is 0 Å². The summed E-state index contributed by atoms with van der Waals surface area (Å²) in [6, 6.07) is 2.05. The van der Waals surface area contributed by atoms with Crippen molar-refractivity contribution in [2.75, 3.05) is 20.2 Å². The van der Waals surface area contributed by atoms with Gasteiger partial charge in [-0.15, -0.1) is 0 Å². The van der Waals surface area contributed by atoms with Crippen LogP contribution in [0.1, 0.15) is 26.2 Å². The lowest BCUT2D eigenvalue weighted by Gasteiger charge is -2.10. The standard InChI is InChI=1S/C13H18N2O2/c1-11(5-8-15-6-3-4-7-15)12(10-14)9-13(16)17-2/h5,8H,3-4,6-7,9H2,1-2H3/b8-5+,12-11-. The van der Waals surface area contributed by atoms with Gasteiger partial charge in [0.2, 0.25) is 0 Å². The summed E-state index contributed by atoms with van der Waals surface area (Å²) in [5.74, 6) is -0.379. The first-order valence-corrected chi connectivity index (χ1v) is 5.76. The van der Waals surface area contributed by atoms with Gasteiger partial charge in [-0.2, -0.15) is 5.26 Å². The molecule has 1 saturated heterocycles. The number of nitriles is 1. The van der Waals surface area contributed by atoms with Gasteiger partial charge in [0.15, 0.2) is 0 Å². The third kappa shape index (κ3) is 4.31. The molecule has 17 heavy (non-hydrogen) atoms. The maximum absolute atomic E-state index is 11.1. The highest BCUT2D eigenvalue weighted by Gasteiger charge is 2.09. The minimum Gasteiger partial charge on any atom is -0.469 e. The van der Waals surface area contributed by atoms with Crippen molar-refractivity contribution in [2.24, 2.45) is 0 Å². The number of carbonyl (C=O) groups is 1. The summed E-state index contributed by atoms with van der Waals surface area (Å²) >= 11 is 0. The van der Waals surface area contributed by atoms with E-state index in [1.165, 1.54) is 20.0 Å². The molecule has 0 aromatic carbocycles. The maximum Gasteiger partial charge on any atom is 0.310 e. The van der Waals surface area contributed by atoms with Crippen LogP contribution < -0.4 is 0 Å². The van der Waals surface area contributed by atoms with E-state index in [0.717, 1.165) is 18.7 Å². The van der Waals surface area contributed by atoms with Gasteiger partial charge < -0.3 is 9.64 Å². The topological polar surface area (TPSA) is 53.3 Å². The van der Waals surface area contributed by atoms with Gasteiger partial charge in [0.05, 0.1) is 19.6 Å². The summed E-state index contributed by atoms with van der Waals surface area (Å²) < 4.78 is 4.55. The van der Waals surface area contributed by atoms with Crippen molar-refractivity contribution in [1.29, 1.82) is 5.26 Å². The Morgan fingerprint density at radius 1 is 1.47 bits per heavy atom. The van der Waals surface area contributed by atoms with Crippen LogP contribution in [0.3, 0.4) is 0 Å². The Bertz CT molecular complexity index is 371. The summed E-state index contributed by atoms with van der Waals surface area (Å²) in [5, 5.41) is 8.97. The monoisotopic (exact) mass is 234 g/mol. The number of esters is 1. The molecule has 92 valence electrons. The fourth-order valence-electron chi connectivity index (χ4n) is 1.69. The van der Waals surface area contributed by atoms with Gasteiger partial charge in [-0.25, -0.2) is 0 Å². The second-order valence-electron chi connectivity index (χ2n) is 4.09. The first kappa shape index (κ1) is 13.3. The fraction of sp³-hybridized carbons (Fsp3) is 0.538. The normalized spacial score (nSPS) is 16.9. The molecule has 4 heteroatoms. The van der Waals surface area contributed by atoms with E-state index in [1.807, 2.05) is 19.2 Å². The molecule has 0 saturated carbocycles. The lowest BCUT2D eigenvalue weighted by molar-refractivity contribution is -0.139. The third-order valence-electron chi connectivity index (χ3n) is 2.84. The largest absolute Gasteiger partial charge is 0.469 e. The second-order valence-corrected chi connectivity index (χ2v) is 4.09. The van der Waals surface area contributed by atoms with Crippen molar-refractivity contribution >= 4 is 5.97 Å². The van der Waals surface area contributed by atoms with Crippen LogP contribution in [0, 0.1) is 11.3 Å². The molecule has 1 aliphatic rings. The van der Waals surface area contributed by atoms with Crippen LogP contribution in [-0.4, -0.2) is 31.1 Å². The molecule has 1 heterocycles. The van der Waals surface area contributed by atoms with Crippen molar-refractivity contribution in [3.05, 3.63) is 23.4 Å². The van der Waals surface area contributed by atoms with Gasteiger partial charge in [0.1, 0.15) is 0 Å². The molecule has 0 amide bonds. The van der Waals surface area contributed by atoms with Crippen LogP contribution in [0.15, 0.2) is 23.4 Å². The van der Waals surface area contributed by atoms with E-state index < -0.39 is 0 Å². The Balaban J connectivity index is 2.65. The predicted molar refractivity (Wildman–Crippen MR) is 64.9 cm³/mol. The summed E-state index contributed by atoms with van der Waals surface area (Å²) in [7, 11) is 1.33. The van der Waals surface area contributed by atoms with Crippen LogP contribution in [0.2, 0.25) is 0 Å². The molecular weight excluding hydrogens is 216 g/mol. The lowest BCUT2D eigenvalue weighted by atomic mass is 10.1. The number of rotatable bonds is 4. The first-order chi connectivity index (χ1) is 8.17. The SMILES string of the molecule is COC(=O)C/C(C#N)=C(C)/C=C/N1CCCC1. The molecule has 1 aliphatic heterocycles. The number of likely N-dealkylation sites (tertiary alicyclic amines) is 1. The molecule has 0 atom stereocenters. The van der Waals surface area contributed by atoms with E-state index in [4.69, 9.17) is 5.26 Å². The molecule has 0 unspecified atom stereocenters. The molecule has 0 aromatic rings. The maximum atomic E-state index is 11.1. The van der Waals surface area contributed by atoms with E-state index in [-0.39, 0.29) is 12.4 Å². The molecule has 0 spiro atoms. The highest BCUT2D eigenvalue weighted by atomic mass is 16.5. The Morgan fingerprint density at radius 2 is 2.12 bits per heavy atom. The summed E-state index contributed by atoms with van der Waals surface area (Å²) in [4.78, 5) is 13.3. The molecular formula is C13H18N2O2. The van der Waals surface area contributed by atoms with Crippen molar-refractivity contribution in [3.63, 3.8) is 0 Å². The molecule has 0 aromatic heterocycles. The minimum atomic E-state index is -0.379. The van der Waals surface area contributed by atoms with Gasteiger partial charge in [0, 0.05) is 18.7 Å². The van der Waals surface area contributed by atoms with Crippen LogP contribution in [0.25, 0.3) is 0 Å². The zero-order valence-electron chi connectivity index (χ0n) is 10.4. The Hall–Kier alpha value is -1.76.